The molecule has 0 amide bonds. The number of ether oxygens (including phenoxy) is 2. The lowest BCUT2D eigenvalue weighted by atomic mass is 10.1. The van der Waals surface area contributed by atoms with Crippen molar-refractivity contribution >= 4 is 21.5 Å². The van der Waals surface area contributed by atoms with E-state index >= 15 is 0 Å². The van der Waals surface area contributed by atoms with Crippen LogP contribution >= 0.6 is 11.3 Å². The smallest absolute Gasteiger partial charge is 0.184 e. The summed E-state index contributed by atoms with van der Waals surface area (Å²) in [5, 5.41) is 4.80. The Hall–Kier alpha value is -1.95. The van der Waals surface area contributed by atoms with Crippen molar-refractivity contribution in [2.45, 2.75) is 6.42 Å². The summed E-state index contributed by atoms with van der Waals surface area (Å²) < 4.78 is 10.5. The predicted octanol–water partition coefficient (Wildman–Crippen LogP) is 2.40. The van der Waals surface area contributed by atoms with E-state index in [4.69, 9.17) is 15.2 Å². The lowest BCUT2D eigenvalue weighted by molar-refractivity contribution is 0.354. The number of hydrogen-bond donors (Lipinski definition) is 2. The standard InChI is InChI=1S/C13H17N3O2S/c1-17-10-4-3-9(7-11(10)18-2)5-6-15-13-16-8-12(14)19-13/h3-4,7-8H,5-6,14H2,1-2H3,(H,15,16). The Labute approximate surface area is 116 Å². The number of anilines is 2. The number of rotatable bonds is 6. The van der Waals surface area contributed by atoms with Gasteiger partial charge < -0.3 is 20.5 Å². The first-order valence-corrected chi connectivity index (χ1v) is 6.70. The van der Waals surface area contributed by atoms with Gasteiger partial charge in [-0.3, -0.25) is 0 Å². The lowest BCUT2D eigenvalue weighted by Crippen LogP contribution is -2.04. The molecule has 6 heteroatoms. The summed E-state index contributed by atoms with van der Waals surface area (Å²) in [5.74, 6) is 1.49. The molecule has 0 saturated carbocycles. The van der Waals surface area contributed by atoms with Crippen LogP contribution in [0.15, 0.2) is 24.4 Å². The van der Waals surface area contributed by atoms with Gasteiger partial charge in [0.05, 0.1) is 20.4 Å². The highest BCUT2D eigenvalue weighted by Crippen LogP contribution is 2.27. The molecule has 0 saturated heterocycles. The van der Waals surface area contributed by atoms with Gasteiger partial charge >= 0.3 is 0 Å². The maximum Gasteiger partial charge on any atom is 0.184 e. The molecule has 0 fully saturated rings. The fraction of sp³-hybridized carbons (Fsp3) is 0.308. The van der Waals surface area contributed by atoms with Gasteiger partial charge in [-0.1, -0.05) is 17.4 Å². The second-order valence-electron chi connectivity index (χ2n) is 3.93. The molecule has 1 aromatic carbocycles. The molecule has 3 N–H and O–H groups in total. The molecule has 102 valence electrons. The van der Waals surface area contributed by atoms with Crippen molar-refractivity contribution in [3.63, 3.8) is 0 Å². The summed E-state index contributed by atoms with van der Waals surface area (Å²) in [6.07, 6.45) is 2.53. The minimum atomic E-state index is 0.716. The summed E-state index contributed by atoms with van der Waals surface area (Å²) in [6, 6.07) is 5.92. The van der Waals surface area contributed by atoms with Gasteiger partial charge in [0.2, 0.25) is 0 Å². The van der Waals surface area contributed by atoms with E-state index in [1.807, 2.05) is 18.2 Å². The minimum Gasteiger partial charge on any atom is -0.493 e. The average molecular weight is 279 g/mol. The second-order valence-corrected chi connectivity index (χ2v) is 5.00. The Balaban J connectivity index is 1.92. The van der Waals surface area contributed by atoms with Gasteiger partial charge in [-0.05, 0) is 24.1 Å². The van der Waals surface area contributed by atoms with Crippen molar-refractivity contribution in [1.82, 2.24) is 4.98 Å². The monoisotopic (exact) mass is 279 g/mol. The molecule has 2 aromatic rings. The molecular weight excluding hydrogens is 262 g/mol. The van der Waals surface area contributed by atoms with E-state index in [1.54, 1.807) is 20.4 Å². The maximum atomic E-state index is 5.62. The molecule has 0 aliphatic rings. The number of nitrogens with zero attached hydrogens (tertiary/aromatic N) is 1. The molecule has 0 atom stereocenters. The Morgan fingerprint density at radius 3 is 2.68 bits per heavy atom. The molecule has 1 heterocycles. The van der Waals surface area contributed by atoms with Gasteiger partial charge in [0, 0.05) is 6.54 Å². The van der Waals surface area contributed by atoms with Crippen LogP contribution in [-0.2, 0) is 6.42 Å². The molecule has 0 spiro atoms. The van der Waals surface area contributed by atoms with Gasteiger partial charge in [-0.15, -0.1) is 0 Å². The van der Waals surface area contributed by atoms with Crippen molar-refractivity contribution in [3.05, 3.63) is 30.0 Å². The molecule has 5 nitrogen and oxygen atoms in total. The second kappa shape index (κ2) is 6.29. The van der Waals surface area contributed by atoms with Gasteiger partial charge in [-0.25, -0.2) is 4.98 Å². The van der Waals surface area contributed by atoms with Crippen molar-refractivity contribution in [3.8, 4) is 11.5 Å². The number of nitrogens with one attached hydrogen (secondary N) is 1. The highest BCUT2D eigenvalue weighted by molar-refractivity contribution is 7.19. The van der Waals surface area contributed by atoms with E-state index < -0.39 is 0 Å². The largest absolute Gasteiger partial charge is 0.493 e. The van der Waals surface area contributed by atoms with Crippen LogP contribution in [0.3, 0.4) is 0 Å². The first-order chi connectivity index (χ1) is 9.22. The molecule has 2 rings (SSSR count). The zero-order valence-electron chi connectivity index (χ0n) is 11.0. The molecule has 0 bridgehead atoms. The van der Waals surface area contributed by atoms with E-state index in [2.05, 4.69) is 10.3 Å². The van der Waals surface area contributed by atoms with Crippen LogP contribution in [0.5, 0.6) is 11.5 Å². The van der Waals surface area contributed by atoms with E-state index in [-0.39, 0.29) is 0 Å². The van der Waals surface area contributed by atoms with Crippen LogP contribution in [0.2, 0.25) is 0 Å². The average Bonchev–Trinajstić information content (AvgIpc) is 2.84. The van der Waals surface area contributed by atoms with Crippen molar-refractivity contribution < 1.29 is 9.47 Å². The van der Waals surface area contributed by atoms with E-state index in [9.17, 15) is 0 Å². The van der Waals surface area contributed by atoms with Crippen LogP contribution in [0.4, 0.5) is 10.1 Å². The van der Waals surface area contributed by atoms with E-state index in [0.717, 1.165) is 29.6 Å². The summed E-state index contributed by atoms with van der Waals surface area (Å²) >= 11 is 1.45. The third-order valence-corrected chi connectivity index (χ3v) is 3.45. The molecule has 0 aliphatic carbocycles. The highest BCUT2D eigenvalue weighted by Gasteiger charge is 2.04. The predicted molar refractivity (Wildman–Crippen MR) is 78.3 cm³/mol. The maximum absolute atomic E-state index is 5.62. The number of nitrogens with two attached hydrogens (primary N) is 1. The Morgan fingerprint density at radius 2 is 2.05 bits per heavy atom. The number of nitrogen functional groups attached to an aromatic ring is 1. The minimum absolute atomic E-state index is 0.716. The first kappa shape index (κ1) is 13.5. The molecule has 19 heavy (non-hydrogen) atoms. The number of aromatic nitrogens is 1. The summed E-state index contributed by atoms with van der Waals surface area (Å²) in [6.45, 7) is 0.794. The topological polar surface area (TPSA) is 69.4 Å². The van der Waals surface area contributed by atoms with Gasteiger partial charge in [-0.2, -0.15) is 0 Å². The number of thiazole rings is 1. The summed E-state index contributed by atoms with van der Waals surface area (Å²) in [5.41, 5.74) is 6.79. The Kier molecular flexibility index (Phi) is 4.46. The third-order valence-electron chi connectivity index (χ3n) is 2.66. The van der Waals surface area contributed by atoms with Crippen LogP contribution in [0.1, 0.15) is 5.56 Å². The van der Waals surface area contributed by atoms with Gasteiger partial charge in [0.15, 0.2) is 16.6 Å². The third kappa shape index (κ3) is 3.51. The fourth-order valence-electron chi connectivity index (χ4n) is 1.72. The highest BCUT2D eigenvalue weighted by atomic mass is 32.1. The Bertz CT molecular complexity index is 542. The van der Waals surface area contributed by atoms with Gasteiger partial charge in [0.1, 0.15) is 5.00 Å². The quantitative estimate of drug-likeness (QED) is 0.849. The lowest BCUT2D eigenvalue weighted by Gasteiger charge is -2.09. The zero-order chi connectivity index (χ0) is 13.7. The van der Waals surface area contributed by atoms with E-state index in [0.29, 0.717) is 5.00 Å². The molecule has 0 aliphatic heterocycles. The van der Waals surface area contributed by atoms with Crippen LogP contribution in [-0.4, -0.2) is 25.7 Å². The van der Waals surface area contributed by atoms with Crippen molar-refractivity contribution in [2.24, 2.45) is 0 Å². The molecule has 0 radical (unpaired) electrons. The number of hydrogen-bond acceptors (Lipinski definition) is 6. The first-order valence-electron chi connectivity index (χ1n) is 5.89. The number of benzene rings is 1. The zero-order valence-corrected chi connectivity index (χ0v) is 11.8. The van der Waals surface area contributed by atoms with Crippen molar-refractivity contribution in [1.29, 1.82) is 0 Å². The van der Waals surface area contributed by atoms with Crippen LogP contribution in [0.25, 0.3) is 0 Å². The fourth-order valence-corrected chi connectivity index (χ4v) is 2.33. The summed E-state index contributed by atoms with van der Waals surface area (Å²) in [4.78, 5) is 4.15. The van der Waals surface area contributed by atoms with Crippen LogP contribution < -0.4 is 20.5 Å². The Morgan fingerprint density at radius 1 is 1.26 bits per heavy atom. The SMILES string of the molecule is COc1ccc(CCNc2ncc(N)s2)cc1OC. The summed E-state index contributed by atoms with van der Waals surface area (Å²) in [7, 11) is 3.27. The molecular formula is C13H17N3O2S. The van der Waals surface area contributed by atoms with Crippen LogP contribution in [0, 0.1) is 0 Å². The molecule has 1 aromatic heterocycles. The van der Waals surface area contributed by atoms with E-state index in [1.165, 1.54) is 16.9 Å². The van der Waals surface area contributed by atoms with Crippen molar-refractivity contribution in [2.75, 3.05) is 31.8 Å². The van der Waals surface area contributed by atoms with Gasteiger partial charge in [0.25, 0.3) is 0 Å². The number of methoxy groups -OCH3 is 2. The normalized spacial score (nSPS) is 10.2. The molecule has 0 unspecified atom stereocenters.